The van der Waals surface area contributed by atoms with Crippen molar-refractivity contribution >= 4 is 5.57 Å². The number of hydrogen-bond acceptors (Lipinski definition) is 2. The molecule has 0 spiro atoms. The summed E-state index contributed by atoms with van der Waals surface area (Å²) in [5.41, 5.74) is 8.40. The number of imidazole rings is 1. The van der Waals surface area contributed by atoms with Gasteiger partial charge in [-0.3, -0.25) is 0 Å². The van der Waals surface area contributed by atoms with Gasteiger partial charge >= 0.3 is 0 Å². The monoisotopic (exact) mass is 293 g/mol. The van der Waals surface area contributed by atoms with E-state index in [1.54, 1.807) is 5.57 Å². The second-order valence-electron chi connectivity index (χ2n) is 6.59. The van der Waals surface area contributed by atoms with Gasteiger partial charge in [0, 0.05) is 24.4 Å². The summed E-state index contributed by atoms with van der Waals surface area (Å²) in [6.07, 6.45) is 4.47. The highest BCUT2D eigenvalue weighted by molar-refractivity contribution is 5.84. The maximum absolute atomic E-state index is 4.86. The summed E-state index contributed by atoms with van der Waals surface area (Å²) in [5, 5.41) is 0. The Kier molecular flexibility index (Phi) is 3.38. The van der Waals surface area contributed by atoms with Crippen LogP contribution in [0, 0.1) is 6.92 Å². The van der Waals surface area contributed by atoms with Crippen LogP contribution in [0.4, 0.5) is 0 Å². The number of nitrogens with one attached hydrogen (secondary N) is 1. The molecule has 114 valence electrons. The number of hydrogen-bond donors (Lipinski definition) is 1. The summed E-state index contributed by atoms with van der Waals surface area (Å²) in [7, 11) is 2.21. The van der Waals surface area contributed by atoms with E-state index in [0.717, 1.165) is 44.6 Å². The van der Waals surface area contributed by atoms with Crippen molar-refractivity contribution in [2.75, 3.05) is 20.1 Å². The van der Waals surface area contributed by atoms with E-state index >= 15 is 0 Å². The van der Waals surface area contributed by atoms with Gasteiger partial charge < -0.3 is 9.88 Å². The Morgan fingerprint density at radius 2 is 1.82 bits per heavy atom. The van der Waals surface area contributed by atoms with E-state index in [-0.39, 0.29) is 0 Å². The Labute approximate surface area is 132 Å². The number of likely N-dealkylation sites (tertiary alicyclic amines) is 1. The number of H-pyrrole nitrogens is 1. The van der Waals surface area contributed by atoms with Crippen LogP contribution in [0.3, 0.4) is 0 Å². The highest BCUT2D eigenvalue weighted by Crippen LogP contribution is 2.37. The first kappa shape index (κ1) is 13.8. The zero-order valence-electron chi connectivity index (χ0n) is 13.4. The van der Waals surface area contributed by atoms with Crippen LogP contribution in [0.1, 0.15) is 41.2 Å². The van der Waals surface area contributed by atoms with Gasteiger partial charge in [-0.1, -0.05) is 29.8 Å². The summed E-state index contributed by atoms with van der Waals surface area (Å²) in [6, 6.07) is 8.89. The van der Waals surface area contributed by atoms with E-state index in [1.807, 2.05) is 0 Å². The molecule has 0 saturated carbocycles. The zero-order chi connectivity index (χ0) is 15.1. The predicted molar refractivity (Wildman–Crippen MR) is 89.9 cm³/mol. The number of aryl methyl sites for hydroxylation is 3. The molecule has 2 aliphatic rings. The Bertz CT molecular complexity index is 729. The molecule has 3 nitrogen and oxygen atoms in total. The average molecular weight is 293 g/mol. The summed E-state index contributed by atoms with van der Waals surface area (Å²) in [5.74, 6) is 1.04. The van der Waals surface area contributed by atoms with Crippen molar-refractivity contribution in [1.29, 1.82) is 0 Å². The Morgan fingerprint density at radius 1 is 1.05 bits per heavy atom. The highest BCUT2D eigenvalue weighted by atomic mass is 15.1. The van der Waals surface area contributed by atoms with E-state index in [0.29, 0.717) is 0 Å². The van der Waals surface area contributed by atoms with E-state index in [4.69, 9.17) is 4.98 Å². The molecule has 1 fully saturated rings. The Hall–Kier alpha value is -1.87. The van der Waals surface area contributed by atoms with Crippen LogP contribution in [0.5, 0.6) is 0 Å². The molecule has 0 radical (unpaired) electrons. The lowest BCUT2D eigenvalue weighted by Gasteiger charge is -2.26. The maximum Gasteiger partial charge on any atom is 0.103 e. The van der Waals surface area contributed by atoms with Gasteiger partial charge in [0.2, 0.25) is 0 Å². The third kappa shape index (κ3) is 2.30. The molecule has 1 aromatic heterocycles. The van der Waals surface area contributed by atoms with Crippen LogP contribution in [0.15, 0.2) is 29.8 Å². The van der Waals surface area contributed by atoms with Crippen molar-refractivity contribution in [3.05, 3.63) is 58.2 Å². The van der Waals surface area contributed by atoms with Gasteiger partial charge in [-0.15, -0.1) is 0 Å². The normalized spacial score (nSPS) is 18.8. The molecule has 22 heavy (non-hydrogen) atoms. The molecule has 1 aliphatic heterocycles. The molecule has 4 rings (SSSR count). The predicted octanol–water partition coefficient (Wildman–Crippen LogP) is 3.34. The molecule has 0 atom stereocenters. The summed E-state index contributed by atoms with van der Waals surface area (Å²) < 4.78 is 0. The van der Waals surface area contributed by atoms with Gasteiger partial charge in [0.05, 0.1) is 5.69 Å². The van der Waals surface area contributed by atoms with Crippen molar-refractivity contribution < 1.29 is 0 Å². The van der Waals surface area contributed by atoms with E-state index in [9.17, 15) is 0 Å². The van der Waals surface area contributed by atoms with E-state index in [2.05, 4.69) is 48.1 Å². The number of benzene rings is 1. The number of nitrogens with zero attached hydrogens (tertiary/aromatic N) is 2. The van der Waals surface area contributed by atoms with Crippen LogP contribution >= 0.6 is 0 Å². The Balaban J connectivity index is 1.93. The molecule has 3 heteroatoms. The van der Waals surface area contributed by atoms with Gasteiger partial charge in [0.1, 0.15) is 5.82 Å². The van der Waals surface area contributed by atoms with Crippen LogP contribution in [-0.4, -0.2) is 35.0 Å². The SMILES string of the molecule is Cc1nc2c([nH]1)CCc1ccccc1C2=C1CCN(C)CC1. The second kappa shape index (κ2) is 5.40. The van der Waals surface area contributed by atoms with Crippen LogP contribution < -0.4 is 0 Å². The quantitative estimate of drug-likeness (QED) is 0.808. The molecule has 0 amide bonds. The van der Waals surface area contributed by atoms with Gasteiger partial charge in [-0.2, -0.15) is 0 Å². The molecule has 0 bridgehead atoms. The maximum atomic E-state index is 4.86. The fourth-order valence-electron chi connectivity index (χ4n) is 3.79. The third-order valence-electron chi connectivity index (χ3n) is 5.01. The minimum atomic E-state index is 1.04. The smallest absolute Gasteiger partial charge is 0.103 e. The van der Waals surface area contributed by atoms with Crippen molar-refractivity contribution in [3.8, 4) is 0 Å². The Morgan fingerprint density at radius 3 is 2.64 bits per heavy atom. The number of rotatable bonds is 0. The lowest BCUT2D eigenvalue weighted by Crippen LogP contribution is -2.27. The molecule has 1 aromatic carbocycles. The van der Waals surface area contributed by atoms with E-state index < -0.39 is 0 Å². The molecule has 2 aromatic rings. The van der Waals surface area contributed by atoms with Crippen LogP contribution in [0.2, 0.25) is 0 Å². The first-order valence-corrected chi connectivity index (χ1v) is 8.27. The molecule has 1 N–H and O–H groups in total. The number of piperidine rings is 1. The number of fused-ring (bicyclic) bond motifs is 2. The zero-order valence-corrected chi connectivity index (χ0v) is 13.4. The number of aromatic amines is 1. The van der Waals surface area contributed by atoms with Crippen molar-refractivity contribution in [2.24, 2.45) is 0 Å². The van der Waals surface area contributed by atoms with Gasteiger partial charge in [-0.25, -0.2) is 4.98 Å². The average Bonchev–Trinajstić information content (AvgIpc) is 2.82. The van der Waals surface area contributed by atoms with Crippen molar-refractivity contribution in [3.63, 3.8) is 0 Å². The van der Waals surface area contributed by atoms with Crippen molar-refractivity contribution in [2.45, 2.75) is 32.6 Å². The first-order chi connectivity index (χ1) is 10.7. The lowest BCUT2D eigenvalue weighted by atomic mass is 9.89. The fourth-order valence-corrected chi connectivity index (χ4v) is 3.79. The third-order valence-corrected chi connectivity index (χ3v) is 5.01. The minimum absolute atomic E-state index is 1.04. The molecular formula is C19H23N3. The summed E-state index contributed by atoms with van der Waals surface area (Å²) in [4.78, 5) is 10.8. The standard InChI is InChI=1S/C19H23N3/c1-13-20-17-8-7-14-5-3-4-6-16(14)18(19(17)21-13)15-9-11-22(2)12-10-15/h3-6H,7-12H2,1-2H3,(H,20,21). The van der Waals surface area contributed by atoms with Gasteiger partial charge in [-0.05, 0) is 50.8 Å². The molecule has 1 saturated heterocycles. The summed E-state index contributed by atoms with van der Waals surface area (Å²) in [6.45, 7) is 4.37. The fraction of sp³-hybridized carbons (Fsp3) is 0.421. The van der Waals surface area contributed by atoms with Gasteiger partial charge in [0.25, 0.3) is 0 Å². The minimum Gasteiger partial charge on any atom is -0.346 e. The van der Waals surface area contributed by atoms with Crippen LogP contribution in [0.25, 0.3) is 5.57 Å². The van der Waals surface area contributed by atoms with Crippen LogP contribution in [-0.2, 0) is 12.8 Å². The largest absolute Gasteiger partial charge is 0.346 e. The molecule has 0 unspecified atom stereocenters. The first-order valence-electron chi connectivity index (χ1n) is 8.27. The second-order valence-corrected chi connectivity index (χ2v) is 6.59. The lowest BCUT2D eigenvalue weighted by molar-refractivity contribution is 0.313. The molecule has 2 heterocycles. The molecular weight excluding hydrogens is 270 g/mol. The van der Waals surface area contributed by atoms with Crippen molar-refractivity contribution in [1.82, 2.24) is 14.9 Å². The van der Waals surface area contributed by atoms with Gasteiger partial charge in [0.15, 0.2) is 0 Å². The molecule has 1 aliphatic carbocycles. The van der Waals surface area contributed by atoms with E-state index in [1.165, 1.54) is 28.1 Å². The topological polar surface area (TPSA) is 31.9 Å². The summed E-state index contributed by atoms with van der Waals surface area (Å²) >= 11 is 0. The highest BCUT2D eigenvalue weighted by Gasteiger charge is 2.25. The number of aromatic nitrogens is 2.